The van der Waals surface area contributed by atoms with Crippen molar-refractivity contribution in [2.24, 2.45) is 5.92 Å². The van der Waals surface area contributed by atoms with Gasteiger partial charge in [-0.15, -0.1) is 0 Å². The Labute approximate surface area is 110 Å². The number of hydrogen-bond donors (Lipinski definition) is 2. The van der Waals surface area contributed by atoms with E-state index in [4.69, 9.17) is 5.73 Å². The van der Waals surface area contributed by atoms with Crippen LogP contribution in [-0.4, -0.2) is 26.5 Å². The lowest BCUT2D eigenvalue weighted by Gasteiger charge is -2.24. The third-order valence-electron chi connectivity index (χ3n) is 2.65. The molecule has 1 atom stereocenters. The second-order valence-electron chi connectivity index (χ2n) is 4.10. The molecule has 0 aliphatic rings. The summed E-state index contributed by atoms with van der Waals surface area (Å²) in [6, 6.07) is 5.70. The lowest BCUT2D eigenvalue weighted by Crippen LogP contribution is -2.34. The number of hydrogen-bond acceptors (Lipinski definition) is 3. The van der Waals surface area contributed by atoms with Crippen LogP contribution in [-0.2, 0) is 4.79 Å². The van der Waals surface area contributed by atoms with Crippen LogP contribution in [0.15, 0.2) is 22.7 Å². The van der Waals surface area contributed by atoms with E-state index in [9.17, 15) is 4.79 Å². The zero-order chi connectivity index (χ0) is 13.0. The topological polar surface area (TPSA) is 58.4 Å². The number of carbonyl (C=O) groups excluding carboxylic acids is 1. The highest BCUT2D eigenvalue weighted by molar-refractivity contribution is 9.10. The molecule has 1 aromatic carbocycles. The summed E-state index contributed by atoms with van der Waals surface area (Å²) in [7, 11) is 3.57. The Bertz CT molecular complexity index is 409. The van der Waals surface area contributed by atoms with Gasteiger partial charge in [-0.25, -0.2) is 0 Å². The molecule has 5 heteroatoms. The van der Waals surface area contributed by atoms with Gasteiger partial charge in [-0.05, 0) is 18.2 Å². The summed E-state index contributed by atoms with van der Waals surface area (Å²) in [6.45, 7) is 2.52. The Balaban J connectivity index is 2.79. The molecular weight excluding hydrogens is 282 g/mol. The smallest absolute Gasteiger partial charge is 0.224 e. The Morgan fingerprint density at radius 3 is 2.82 bits per heavy atom. The van der Waals surface area contributed by atoms with E-state index in [1.165, 1.54) is 0 Å². The van der Waals surface area contributed by atoms with E-state index < -0.39 is 0 Å². The number of halogens is 1. The van der Waals surface area contributed by atoms with Gasteiger partial charge in [-0.3, -0.25) is 4.79 Å². The van der Waals surface area contributed by atoms with Crippen LogP contribution < -0.4 is 16.0 Å². The van der Waals surface area contributed by atoms with E-state index in [1.807, 2.05) is 37.1 Å². The predicted molar refractivity (Wildman–Crippen MR) is 75.1 cm³/mol. The molecule has 0 spiro atoms. The fourth-order valence-corrected chi connectivity index (χ4v) is 2.03. The van der Waals surface area contributed by atoms with E-state index in [0.717, 1.165) is 10.2 Å². The second-order valence-corrected chi connectivity index (χ2v) is 5.01. The third-order valence-corrected chi connectivity index (χ3v) is 3.14. The first-order chi connectivity index (χ1) is 7.95. The van der Waals surface area contributed by atoms with Crippen LogP contribution in [0.25, 0.3) is 0 Å². The molecule has 4 nitrogen and oxygen atoms in total. The lowest BCUT2D eigenvalue weighted by atomic mass is 10.1. The molecule has 0 fully saturated rings. The molecule has 0 bridgehead atoms. The number of amides is 1. The first-order valence-electron chi connectivity index (χ1n) is 5.43. The number of benzene rings is 1. The van der Waals surface area contributed by atoms with Crippen molar-refractivity contribution in [1.29, 1.82) is 0 Å². The standard InChI is InChI=1S/C12H18BrN3O/c1-8(12(17)15-2)7-16(3)11-6-9(13)4-5-10(11)14/h4-6,8H,7,14H2,1-3H3,(H,15,17). The number of carbonyl (C=O) groups is 1. The van der Waals surface area contributed by atoms with Crippen molar-refractivity contribution in [3.8, 4) is 0 Å². The van der Waals surface area contributed by atoms with E-state index in [-0.39, 0.29) is 11.8 Å². The van der Waals surface area contributed by atoms with Crippen LogP contribution in [0.3, 0.4) is 0 Å². The summed E-state index contributed by atoms with van der Waals surface area (Å²) in [5, 5.41) is 2.64. The molecule has 1 aromatic rings. The van der Waals surface area contributed by atoms with E-state index >= 15 is 0 Å². The molecule has 1 amide bonds. The van der Waals surface area contributed by atoms with Gasteiger partial charge in [0.15, 0.2) is 0 Å². The Kier molecular flexibility index (Phi) is 4.81. The van der Waals surface area contributed by atoms with Crippen LogP contribution in [0.5, 0.6) is 0 Å². The number of nitrogens with zero attached hydrogens (tertiary/aromatic N) is 1. The highest BCUT2D eigenvalue weighted by Gasteiger charge is 2.15. The second kappa shape index (κ2) is 5.91. The molecule has 1 rings (SSSR count). The molecule has 17 heavy (non-hydrogen) atoms. The number of nitrogens with one attached hydrogen (secondary N) is 1. The van der Waals surface area contributed by atoms with Gasteiger partial charge < -0.3 is 16.0 Å². The minimum Gasteiger partial charge on any atom is -0.397 e. The number of anilines is 2. The van der Waals surface area contributed by atoms with Crippen LogP contribution in [0, 0.1) is 5.92 Å². The van der Waals surface area contributed by atoms with Gasteiger partial charge in [-0.1, -0.05) is 22.9 Å². The molecular formula is C12H18BrN3O. The monoisotopic (exact) mass is 299 g/mol. The Morgan fingerprint density at radius 1 is 1.59 bits per heavy atom. The van der Waals surface area contributed by atoms with Gasteiger partial charge in [-0.2, -0.15) is 0 Å². The van der Waals surface area contributed by atoms with Crippen molar-refractivity contribution < 1.29 is 4.79 Å². The summed E-state index contributed by atoms with van der Waals surface area (Å²) in [6.07, 6.45) is 0. The zero-order valence-electron chi connectivity index (χ0n) is 10.3. The predicted octanol–water partition coefficient (Wildman–Crippen LogP) is 1.85. The summed E-state index contributed by atoms with van der Waals surface area (Å²) < 4.78 is 0.973. The van der Waals surface area contributed by atoms with Crippen LogP contribution in [0.2, 0.25) is 0 Å². The first-order valence-corrected chi connectivity index (χ1v) is 6.22. The van der Waals surface area contributed by atoms with Gasteiger partial charge >= 0.3 is 0 Å². The highest BCUT2D eigenvalue weighted by atomic mass is 79.9. The molecule has 1 unspecified atom stereocenters. The average molecular weight is 300 g/mol. The minimum atomic E-state index is -0.0802. The average Bonchev–Trinajstić information content (AvgIpc) is 2.30. The summed E-state index contributed by atoms with van der Waals surface area (Å²) in [5.41, 5.74) is 7.55. The SMILES string of the molecule is CNC(=O)C(C)CN(C)c1cc(Br)ccc1N. The molecule has 0 heterocycles. The van der Waals surface area contributed by atoms with Gasteiger partial charge in [0.2, 0.25) is 5.91 Å². The fraction of sp³-hybridized carbons (Fsp3) is 0.417. The van der Waals surface area contributed by atoms with Gasteiger partial charge in [0.25, 0.3) is 0 Å². The molecule has 0 aliphatic carbocycles. The van der Waals surface area contributed by atoms with Crippen molar-refractivity contribution >= 4 is 33.2 Å². The van der Waals surface area contributed by atoms with E-state index in [0.29, 0.717) is 12.2 Å². The summed E-state index contributed by atoms with van der Waals surface area (Å²) in [5.74, 6) is -0.0474. The van der Waals surface area contributed by atoms with Gasteiger partial charge in [0.05, 0.1) is 17.3 Å². The van der Waals surface area contributed by atoms with Crippen molar-refractivity contribution in [3.63, 3.8) is 0 Å². The first kappa shape index (κ1) is 13.8. The third kappa shape index (κ3) is 3.63. The molecule has 94 valence electrons. The maximum absolute atomic E-state index is 11.5. The van der Waals surface area contributed by atoms with Crippen molar-refractivity contribution in [2.45, 2.75) is 6.92 Å². The number of nitrogen functional groups attached to an aromatic ring is 1. The van der Waals surface area contributed by atoms with Gasteiger partial charge in [0, 0.05) is 25.1 Å². The van der Waals surface area contributed by atoms with Crippen LogP contribution in [0.1, 0.15) is 6.92 Å². The van der Waals surface area contributed by atoms with E-state index in [2.05, 4.69) is 21.2 Å². The molecule has 0 aromatic heterocycles. The van der Waals surface area contributed by atoms with E-state index in [1.54, 1.807) is 7.05 Å². The fourth-order valence-electron chi connectivity index (χ4n) is 1.69. The zero-order valence-corrected chi connectivity index (χ0v) is 11.9. The number of nitrogens with two attached hydrogens (primary N) is 1. The Morgan fingerprint density at radius 2 is 2.24 bits per heavy atom. The normalized spacial score (nSPS) is 12.0. The van der Waals surface area contributed by atoms with Gasteiger partial charge in [0.1, 0.15) is 0 Å². The Hall–Kier alpha value is -1.23. The van der Waals surface area contributed by atoms with Crippen LogP contribution >= 0.6 is 15.9 Å². The van der Waals surface area contributed by atoms with Crippen LogP contribution in [0.4, 0.5) is 11.4 Å². The van der Waals surface area contributed by atoms with Crippen molar-refractivity contribution in [1.82, 2.24) is 5.32 Å². The largest absolute Gasteiger partial charge is 0.397 e. The lowest BCUT2D eigenvalue weighted by molar-refractivity contribution is -0.123. The number of rotatable bonds is 4. The molecule has 0 aliphatic heterocycles. The van der Waals surface area contributed by atoms with Crippen molar-refractivity contribution in [3.05, 3.63) is 22.7 Å². The highest BCUT2D eigenvalue weighted by Crippen LogP contribution is 2.26. The maximum Gasteiger partial charge on any atom is 0.224 e. The maximum atomic E-state index is 11.5. The van der Waals surface area contributed by atoms with Crippen molar-refractivity contribution in [2.75, 3.05) is 31.3 Å². The summed E-state index contributed by atoms with van der Waals surface area (Å²) >= 11 is 3.41. The minimum absolute atomic E-state index is 0.0328. The molecule has 3 N–H and O–H groups in total. The summed E-state index contributed by atoms with van der Waals surface area (Å²) in [4.78, 5) is 13.4. The molecule has 0 radical (unpaired) electrons. The molecule has 0 saturated heterocycles. The quantitative estimate of drug-likeness (QED) is 0.834. The molecule has 0 saturated carbocycles.